The Morgan fingerprint density at radius 3 is 2.73 bits per heavy atom. The smallest absolute Gasteiger partial charge is 0.248 e. The highest BCUT2D eigenvalue weighted by Crippen LogP contribution is 2.27. The van der Waals surface area contributed by atoms with Gasteiger partial charge in [0.1, 0.15) is 5.54 Å². The van der Waals surface area contributed by atoms with Crippen molar-refractivity contribution >= 4 is 5.91 Å². The number of aromatic nitrogens is 2. The lowest BCUT2D eigenvalue weighted by molar-refractivity contribution is -0.132. The molecule has 22 heavy (non-hydrogen) atoms. The van der Waals surface area contributed by atoms with Crippen LogP contribution in [-0.4, -0.2) is 60.4 Å². The first-order valence-electron chi connectivity index (χ1n) is 8.38. The Kier molecular flexibility index (Phi) is 4.78. The Labute approximate surface area is 132 Å². The number of carbonyl (C=O) groups excluding carboxylic acids is 1. The third-order valence-electron chi connectivity index (χ3n) is 5.19. The monoisotopic (exact) mass is 305 g/mol. The van der Waals surface area contributed by atoms with Gasteiger partial charge in [0.05, 0.1) is 0 Å². The Morgan fingerprint density at radius 1 is 1.36 bits per heavy atom. The molecule has 3 heterocycles. The lowest BCUT2D eigenvalue weighted by Gasteiger charge is -2.37. The van der Waals surface area contributed by atoms with Crippen LogP contribution >= 0.6 is 0 Å². The first-order chi connectivity index (χ1) is 10.7. The van der Waals surface area contributed by atoms with Crippen molar-refractivity contribution in [2.24, 2.45) is 5.92 Å². The summed E-state index contributed by atoms with van der Waals surface area (Å²) < 4.78 is 1.86. The number of likely N-dealkylation sites (tertiary alicyclic amines) is 1. The van der Waals surface area contributed by atoms with Crippen molar-refractivity contribution in [3.05, 3.63) is 18.5 Å². The van der Waals surface area contributed by atoms with Crippen LogP contribution in [0.25, 0.3) is 0 Å². The van der Waals surface area contributed by atoms with E-state index in [2.05, 4.69) is 27.7 Å². The van der Waals surface area contributed by atoms with E-state index in [1.807, 2.05) is 16.9 Å². The van der Waals surface area contributed by atoms with Crippen LogP contribution in [0.3, 0.4) is 0 Å². The lowest BCUT2D eigenvalue weighted by Crippen LogP contribution is -2.55. The van der Waals surface area contributed by atoms with E-state index in [4.69, 9.17) is 0 Å². The van der Waals surface area contributed by atoms with Crippen LogP contribution in [0.15, 0.2) is 18.5 Å². The van der Waals surface area contributed by atoms with Crippen LogP contribution in [-0.2, 0) is 10.3 Å². The maximum Gasteiger partial charge on any atom is 0.248 e. The molecule has 2 saturated heterocycles. The van der Waals surface area contributed by atoms with E-state index in [0.29, 0.717) is 5.92 Å². The molecule has 6 heteroatoms. The molecule has 2 aliphatic rings. The Morgan fingerprint density at radius 2 is 2.09 bits per heavy atom. The number of nitrogens with one attached hydrogen (secondary N) is 2. The minimum Gasteiger partial charge on any atom is -0.354 e. The number of hydrogen-bond donors (Lipinski definition) is 2. The van der Waals surface area contributed by atoms with Gasteiger partial charge >= 0.3 is 0 Å². The van der Waals surface area contributed by atoms with Gasteiger partial charge in [-0.1, -0.05) is 0 Å². The molecule has 3 rings (SSSR count). The first-order valence-corrected chi connectivity index (χ1v) is 8.38. The minimum absolute atomic E-state index is 0.136. The second-order valence-corrected chi connectivity index (χ2v) is 6.69. The van der Waals surface area contributed by atoms with Gasteiger partial charge in [0, 0.05) is 18.9 Å². The standard InChI is InChI=1S/C16H27N5O/c1-20-11-3-14(4-12-20)13-18-15(22)16(5-8-17-9-6-16)21-10-2-7-19-21/h2,7,10,14,17H,3-6,8-9,11-13H2,1H3,(H,18,22). The zero-order valence-electron chi connectivity index (χ0n) is 13.4. The van der Waals surface area contributed by atoms with E-state index < -0.39 is 5.54 Å². The fourth-order valence-electron chi connectivity index (χ4n) is 3.59. The molecule has 0 aromatic carbocycles. The molecule has 1 aromatic heterocycles. The molecule has 0 bridgehead atoms. The topological polar surface area (TPSA) is 62.2 Å². The van der Waals surface area contributed by atoms with Gasteiger partial charge in [0.2, 0.25) is 5.91 Å². The highest BCUT2D eigenvalue weighted by atomic mass is 16.2. The summed E-state index contributed by atoms with van der Waals surface area (Å²) >= 11 is 0. The lowest BCUT2D eigenvalue weighted by atomic mass is 9.87. The first kappa shape index (κ1) is 15.5. The zero-order chi connectivity index (χ0) is 15.4. The number of carbonyl (C=O) groups is 1. The van der Waals surface area contributed by atoms with Crippen LogP contribution in [0.4, 0.5) is 0 Å². The van der Waals surface area contributed by atoms with Crippen molar-refractivity contribution < 1.29 is 4.79 Å². The summed E-state index contributed by atoms with van der Waals surface area (Å²) in [5.41, 5.74) is -0.514. The van der Waals surface area contributed by atoms with Crippen LogP contribution in [0.2, 0.25) is 0 Å². The molecule has 2 N–H and O–H groups in total. The fraction of sp³-hybridized carbons (Fsp3) is 0.750. The van der Waals surface area contributed by atoms with Gasteiger partial charge in [-0.25, -0.2) is 0 Å². The quantitative estimate of drug-likeness (QED) is 0.846. The maximum atomic E-state index is 12.9. The fourth-order valence-corrected chi connectivity index (χ4v) is 3.59. The number of amides is 1. The van der Waals surface area contributed by atoms with Gasteiger partial charge in [0.25, 0.3) is 0 Å². The molecule has 122 valence electrons. The average molecular weight is 305 g/mol. The van der Waals surface area contributed by atoms with Gasteiger partial charge in [-0.15, -0.1) is 0 Å². The molecule has 0 unspecified atom stereocenters. The third kappa shape index (κ3) is 3.17. The molecule has 0 spiro atoms. The van der Waals surface area contributed by atoms with E-state index in [0.717, 1.165) is 45.6 Å². The van der Waals surface area contributed by atoms with Crippen molar-refractivity contribution in [2.75, 3.05) is 39.8 Å². The molecular formula is C16H27N5O. The van der Waals surface area contributed by atoms with Crippen LogP contribution < -0.4 is 10.6 Å². The van der Waals surface area contributed by atoms with Crippen molar-refractivity contribution in [3.8, 4) is 0 Å². The number of nitrogens with zero attached hydrogens (tertiary/aromatic N) is 3. The predicted octanol–water partition coefficient (Wildman–Crippen LogP) is 0.420. The van der Waals surface area contributed by atoms with E-state index in [-0.39, 0.29) is 5.91 Å². The highest BCUT2D eigenvalue weighted by Gasteiger charge is 2.42. The molecule has 2 aliphatic heterocycles. The van der Waals surface area contributed by atoms with Gasteiger partial charge in [-0.2, -0.15) is 5.10 Å². The highest BCUT2D eigenvalue weighted by molar-refractivity contribution is 5.84. The predicted molar refractivity (Wildman–Crippen MR) is 85.5 cm³/mol. The van der Waals surface area contributed by atoms with Crippen LogP contribution in [0.5, 0.6) is 0 Å². The summed E-state index contributed by atoms with van der Waals surface area (Å²) in [6, 6.07) is 1.90. The van der Waals surface area contributed by atoms with Crippen molar-refractivity contribution in [1.82, 2.24) is 25.3 Å². The van der Waals surface area contributed by atoms with E-state index >= 15 is 0 Å². The Hall–Kier alpha value is -1.40. The van der Waals surface area contributed by atoms with Gasteiger partial charge in [-0.05, 0) is 70.9 Å². The molecule has 6 nitrogen and oxygen atoms in total. The summed E-state index contributed by atoms with van der Waals surface area (Å²) in [5.74, 6) is 0.744. The van der Waals surface area contributed by atoms with Crippen molar-refractivity contribution in [3.63, 3.8) is 0 Å². The zero-order valence-corrected chi connectivity index (χ0v) is 13.4. The van der Waals surface area contributed by atoms with E-state index in [1.165, 1.54) is 12.8 Å². The minimum atomic E-state index is -0.514. The molecule has 2 fully saturated rings. The molecule has 1 amide bonds. The summed E-state index contributed by atoms with van der Waals surface area (Å²) in [6.07, 6.45) is 7.62. The molecular weight excluding hydrogens is 278 g/mol. The summed E-state index contributed by atoms with van der Waals surface area (Å²) in [6.45, 7) is 4.79. The molecule has 1 aromatic rings. The molecule has 0 saturated carbocycles. The van der Waals surface area contributed by atoms with Crippen LogP contribution in [0, 0.1) is 5.92 Å². The Bertz CT molecular complexity index is 473. The largest absolute Gasteiger partial charge is 0.354 e. The van der Waals surface area contributed by atoms with E-state index in [9.17, 15) is 4.79 Å². The van der Waals surface area contributed by atoms with Gasteiger partial charge in [-0.3, -0.25) is 9.48 Å². The maximum absolute atomic E-state index is 12.9. The van der Waals surface area contributed by atoms with E-state index in [1.54, 1.807) is 6.20 Å². The normalized spacial score (nSPS) is 23.3. The molecule has 0 atom stereocenters. The van der Waals surface area contributed by atoms with Crippen molar-refractivity contribution in [1.29, 1.82) is 0 Å². The second-order valence-electron chi connectivity index (χ2n) is 6.69. The summed E-state index contributed by atoms with van der Waals surface area (Å²) in [4.78, 5) is 15.3. The molecule has 0 aliphatic carbocycles. The van der Waals surface area contributed by atoms with Crippen LogP contribution in [0.1, 0.15) is 25.7 Å². The number of rotatable bonds is 4. The van der Waals surface area contributed by atoms with Crippen molar-refractivity contribution in [2.45, 2.75) is 31.2 Å². The SMILES string of the molecule is CN1CCC(CNC(=O)C2(n3cccn3)CCNCC2)CC1. The summed E-state index contributed by atoms with van der Waals surface area (Å²) in [7, 11) is 2.16. The molecule has 0 radical (unpaired) electrons. The van der Waals surface area contributed by atoms with Gasteiger partial charge in [0.15, 0.2) is 0 Å². The Balaban J connectivity index is 1.63. The number of hydrogen-bond acceptors (Lipinski definition) is 4. The van der Waals surface area contributed by atoms with Gasteiger partial charge < -0.3 is 15.5 Å². The summed E-state index contributed by atoms with van der Waals surface area (Å²) in [5, 5.41) is 10.9. The second kappa shape index (κ2) is 6.79. The number of piperidine rings is 2. The third-order valence-corrected chi connectivity index (χ3v) is 5.19. The average Bonchev–Trinajstić information content (AvgIpc) is 3.09.